The van der Waals surface area contributed by atoms with Crippen LogP contribution in [0, 0.1) is 0 Å². The first kappa shape index (κ1) is 24.7. The number of carbonyl (C=O) groups excluding carboxylic acids is 1. The van der Waals surface area contributed by atoms with E-state index in [2.05, 4.69) is 11.9 Å². The lowest BCUT2D eigenvalue weighted by Gasteiger charge is -2.05. The predicted molar refractivity (Wildman–Crippen MR) is 117 cm³/mol. The Morgan fingerprint density at radius 2 is 1.32 bits per heavy atom. The Labute approximate surface area is 175 Å². The zero-order valence-electron chi connectivity index (χ0n) is 17.6. The average Bonchev–Trinajstić information content (AvgIpc) is 2.67. The Morgan fingerprint density at radius 3 is 1.82 bits per heavy atom. The molecular formula is C23H38ClNO3. The standard InChI is InChI=1S/C23H38ClNO3/c1-2-3-4-5-6-7-8-9-10-11-12-13-14-15-16-17-23(27)28-21-18-22(26)25-19-20(21)24/h18-19H,2-17H2,1H3,(H,25,26). The van der Waals surface area contributed by atoms with E-state index in [-0.39, 0.29) is 22.3 Å². The molecule has 0 saturated carbocycles. The Bertz CT molecular complexity index is 585. The van der Waals surface area contributed by atoms with Crippen molar-refractivity contribution in [1.29, 1.82) is 0 Å². The molecule has 0 aliphatic rings. The second kappa shape index (κ2) is 16.6. The van der Waals surface area contributed by atoms with E-state index in [1.165, 1.54) is 89.3 Å². The van der Waals surface area contributed by atoms with E-state index in [4.69, 9.17) is 16.3 Å². The Balaban J connectivity index is 1.88. The van der Waals surface area contributed by atoms with Crippen LogP contribution in [0.15, 0.2) is 17.1 Å². The van der Waals surface area contributed by atoms with Gasteiger partial charge in [0.2, 0.25) is 0 Å². The summed E-state index contributed by atoms with van der Waals surface area (Å²) in [6.07, 6.45) is 21.1. The first-order valence-electron chi connectivity index (χ1n) is 11.2. The summed E-state index contributed by atoms with van der Waals surface area (Å²) in [7, 11) is 0. The van der Waals surface area contributed by atoms with Gasteiger partial charge in [0.15, 0.2) is 5.75 Å². The van der Waals surface area contributed by atoms with Crippen LogP contribution in [0.1, 0.15) is 110 Å². The van der Waals surface area contributed by atoms with Crippen molar-refractivity contribution < 1.29 is 9.53 Å². The van der Waals surface area contributed by atoms with E-state index >= 15 is 0 Å². The second-order valence-corrected chi connectivity index (χ2v) is 8.09. The zero-order valence-corrected chi connectivity index (χ0v) is 18.3. The van der Waals surface area contributed by atoms with E-state index in [1.807, 2.05) is 0 Å². The van der Waals surface area contributed by atoms with Crippen molar-refractivity contribution >= 4 is 17.6 Å². The second-order valence-electron chi connectivity index (χ2n) is 7.68. The molecule has 0 aliphatic carbocycles. The van der Waals surface area contributed by atoms with Crippen LogP contribution in [-0.2, 0) is 4.79 Å². The molecule has 0 radical (unpaired) electrons. The quantitative estimate of drug-likeness (QED) is 0.218. The molecule has 160 valence electrons. The molecule has 1 aromatic heterocycles. The summed E-state index contributed by atoms with van der Waals surface area (Å²) in [5.41, 5.74) is -0.334. The molecule has 0 atom stereocenters. The van der Waals surface area contributed by atoms with Crippen LogP contribution in [0.25, 0.3) is 0 Å². The van der Waals surface area contributed by atoms with Crippen molar-refractivity contribution in [3.8, 4) is 5.75 Å². The first-order valence-corrected chi connectivity index (χ1v) is 11.6. The van der Waals surface area contributed by atoms with Crippen molar-refractivity contribution in [3.63, 3.8) is 0 Å². The Morgan fingerprint density at radius 1 is 0.857 bits per heavy atom. The number of nitrogens with one attached hydrogen (secondary N) is 1. The minimum absolute atomic E-state index is 0.136. The highest BCUT2D eigenvalue weighted by Gasteiger charge is 2.08. The molecule has 28 heavy (non-hydrogen) atoms. The van der Waals surface area contributed by atoms with Crippen LogP contribution in [0.5, 0.6) is 5.75 Å². The third-order valence-corrected chi connectivity index (χ3v) is 5.34. The molecule has 0 saturated heterocycles. The molecule has 0 spiro atoms. The Kier molecular flexibility index (Phi) is 14.7. The molecule has 0 unspecified atom stereocenters. The van der Waals surface area contributed by atoms with Crippen LogP contribution in [-0.4, -0.2) is 11.0 Å². The summed E-state index contributed by atoms with van der Waals surface area (Å²) in [5.74, 6) is -0.196. The first-order chi connectivity index (χ1) is 13.6. The molecule has 0 fully saturated rings. The highest BCUT2D eigenvalue weighted by Crippen LogP contribution is 2.21. The van der Waals surface area contributed by atoms with Gasteiger partial charge in [0.1, 0.15) is 0 Å². The molecule has 4 nitrogen and oxygen atoms in total. The summed E-state index contributed by atoms with van der Waals surface area (Å²) < 4.78 is 5.15. The lowest BCUT2D eigenvalue weighted by atomic mass is 10.0. The molecule has 0 aliphatic heterocycles. The average molecular weight is 412 g/mol. The molecule has 1 heterocycles. The predicted octanol–water partition coefficient (Wildman–Crippen LogP) is 7.20. The van der Waals surface area contributed by atoms with Gasteiger partial charge in [0.05, 0.1) is 5.02 Å². The van der Waals surface area contributed by atoms with Crippen LogP contribution < -0.4 is 10.3 Å². The van der Waals surface area contributed by atoms with Crippen LogP contribution >= 0.6 is 11.6 Å². The van der Waals surface area contributed by atoms with Crippen molar-refractivity contribution in [2.75, 3.05) is 0 Å². The van der Waals surface area contributed by atoms with Crippen molar-refractivity contribution in [2.45, 2.75) is 110 Å². The minimum atomic E-state index is -0.334. The fourth-order valence-electron chi connectivity index (χ4n) is 3.33. The highest BCUT2D eigenvalue weighted by molar-refractivity contribution is 6.32. The molecule has 0 amide bonds. The SMILES string of the molecule is CCCCCCCCCCCCCCCCCC(=O)Oc1cc(=O)[nH]cc1Cl. The summed E-state index contributed by atoms with van der Waals surface area (Å²) in [6, 6.07) is 1.20. The maximum absolute atomic E-state index is 11.8. The number of hydrogen-bond acceptors (Lipinski definition) is 3. The number of hydrogen-bond donors (Lipinski definition) is 1. The van der Waals surface area contributed by atoms with Gasteiger partial charge in [0, 0.05) is 18.7 Å². The molecule has 0 aromatic carbocycles. The van der Waals surface area contributed by atoms with E-state index < -0.39 is 0 Å². The fraction of sp³-hybridized carbons (Fsp3) is 0.739. The number of pyridine rings is 1. The number of aromatic nitrogens is 1. The number of halogens is 1. The lowest BCUT2D eigenvalue weighted by molar-refractivity contribution is -0.134. The number of H-pyrrole nitrogens is 1. The summed E-state index contributed by atoms with van der Waals surface area (Å²) in [6.45, 7) is 2.26. The number of ether oxygens (including phenoxy) is 1. The summed E-state index contributed by atoms with van der Waals surface area (Å²) >= 11 is 5.89. The maximum atomic E-state index is 11.8. The van der Waals surface area contributed by atoms with Gasteiger partial charge in [-0.15, -0.1) is 0 Å². The highest BCUT2D eigenvalue weighted by atomic mass is 35.5. The van der Waals surface area contributed by atoms with Crippen molar-refractivity contribution in [2.24, 2.45) is 0 Å². The number of aromatic amines is 1. The third kappa shape index (κ3) is 13.0. The maximum Gasteiger partial charge on any atom is 0.311 e. The molecule has 5 heteroatoms. The number of carbonyl (C=O) groups is 1. The van der Waals surface area contributed by atoms with Gasteiger partial charge in [-0.25, -0.2) is 0 Å². The van der Waals surface area contributed by atoms with Gasteiger partial charge < -0.3 is 9.72 Å². The normalized spacial score (nSPS) is 10.9. The van der Waals surface area contributed by atoms with E-state index in [9.17, 15) is 9.59 Å². The van der Waals surface area contributed by atoms with Gasteiger partial charge in [-0.2, -0.15) is 0 Å². The number of rotatable bonds is 17. The summed E-state index contributed by atoms with van der Waals surface area (Å²) in [5, 5.41) is 0.240. The van der Waals surface area contributed by atoms with Gasteiger partial charge >= 0.3 is 5.97 Å². The molecule has 0 bridgehead atoms. The topological polar surface area (TPSA) is 59.2 Å². The number of unbranched alkanes of at least 4 members (excludes halogenated alkanes) is 14. The lowest BCUT2D eigenvalue weighted by Crippen LogP contribution is -2.11. The Hall–Kier alpha value is -1.29. The van der Waals surface area contributed by atoms with Crippen LogP contribution in [0.3, 0.4) is 0 Å². The van der Waals surface area contributed by atoms with Crippen LogP contribution in [0.4, 0.5) is 0 Å². The largest absolute Gasteiger partial charge is 0.425 e. The summed E-state index contributed by atoms with van der Waals surface area (Å²) in [4.78, 5) is 25.5. The molecular weight excluding hydrogens is 374 g/mol. The van der Waals surface area contributed by atoms with E-state index in [0.29, 0.717) is 6.42 Å². The van der Waals surface area contributed by atoms with Gasteiger partial charge in [-0.1, -0.05) is 108 Å². The minimum Gasteiger partial charge on any atom is -0.425 e. The van der Waals surface area contributed by atoms with Gasteiger partial charge in [0.25, 0.3) is 5.56 Å². The molecule has 1 rings (SSSR count). The van der Waals surface area contributed by atoms with E-state index in [1.54, 1.807) is 0 Å². The zero-order chi connectivity index (χ0) is 20.5. The van der Waals surface area contributed by atoms with E-state index in [0.717, 1.165) is 19.3 Å². The number of esters is 1. The van der Waals surface area contributed by atoms with Crippen molar-refractivity contribution in [1.82, 2.24) is 4.98 Å². The molecule has 1 aromatic rings. The van der Waals surface area contributed by atoms with Crippen LogP contribution in [0.2, 0.25) is 5.02 Å². The smallest absolute Gasteiger partial charge is 0.311 e. The molecule has 1 N–H and O–H groups in total. The fourth-order valence-corrected chi connectivity index (χ4v) is 3.48. The third-order valence-electron chi connectivity index (χ3n) is 5.05. The monoisotopic (exact) mass is 411 g/mol. The van der Waals surface area contributed by atoms with Gasteiger partial charge in [-0.05, 0) is 6.42 Å². The van der Waals surface area contributed by atoms with Gasteiger partial charge in [-0.3, -0.25) is 9.59 Å². The van der Waals surface area contributed by atoms with Crippen molar-refractivity contribution in [3.05, 3.63) is 27.6 Å².